The molecule has 1 atom stereocenters. The second kappa shape index (κ2) is 6.32. The Hall–Kier alpha value is -1.98. The average molecular weight is 411 g/mol. The number of hydrogen-bond acceptors (Lipinski definition) is 0. The van der Waals surface area contributed by atoms with Gasteiger partial charge in [0.15, 0.2) is 0 Å². The molecule has 0 saturated carbocycles. The van der Waals surface area contributed by atoms with E-state index in [1.54, 1.807) is 30.3 Å². The average Bonchev–Trinajstić information content (AvgIpc) is 3.03. The Balaban J connectivity index is 1.88. The van der Waals surface area contributed by atoms with Crippen LogP contribution in [0.25, 0.3) is 38.7 Å². The van der Waals surface area contributed by atoms with Gasteiger partial charge in [-0.05, 0) is 0 Å². The Morgan fingerprint density at radius 3 is 2.31 bits per heavy atom. The van der Waals surface area contributed by atoms with Crippen molar-refractivity contribution in [2.45, 2.75) is 17.0 Å². The second-order valence-corrected chi connectivity index (χ2v) is 8.42. The van der Waals surface area contributed by atoms with Gasteiger partial charge in [0.2, 0.25) is 0 Å². The van der Waals surface area contributed by atoms with E-state index in [-0.39, 0.29) is 0 Å². The summed E-state index contributed by atoms with van der Waals surface area (Å²) >= 11 is 1.59. The number of allylic oxidation sites excluding steroid dienone is 1. The topological polar surface area (TPSA) is 0 Å². The molecule has 0 saturated heterocycles. The van der Waals surface area contributed by atoms with E-state index in [0.717, 1.165) is 6.42 Å². The quantitative estimate of drug-likeness (QED) is 0.310. The molecule has 0 nitrogen and oxygen atoms in total. The Bertz CT molecular complexity index is 1180. The molecule has 4 aromatic rings. The number of benzene rings is 4. The third-order valence-corrected chi connectivity index (χ3v) is 7.29. The zero-order valence-corrected chi connectivity index (χ0v) is 17.2. The zero-order chi connectivity index (χ0) is 17.7. The van der Waals surface area contributed by atoms with Crippen molar-refractivity contribution in [3.8, 4) is 11.1 Å². The first-order chi connectivity index (χ1) is 12.8. The van der Waals surface area contributed by atoms with Crippen LogP contribution in [0, 0.1) is 0 Å². The van der Waals surface area contributed by atoms with Crippen LogP contribution >= 0.6 is 0 Å². The van der Waals surface area contributed by atoms with Crippen LogP contribution in [-0.2, 0) is 24.7 Å². The van der Waals surface area contributed by atoms with E-state index in [1.807, 2.05) is 0 Å². The van der Waals surface area contributed by atoms with Crippen molar-refractivity contribution in [1.29, 1.82) is 0 Å². The van der Waals surface area contributed by atoms with Crippen LogP contribution in [0.1, 0.15) is 28.1 Å². The van der Waals surface area contributed by atoms with Crippen LogP contribution in [0.2, 0.25) is 0 Å². The normalized spacial score (nSPS) is 16.0. The molecule has 0 bridgehead atoms. The molecule has 0 spiro atoms. The molecule has 123 valence electrons. The van der Waals surface area contributed by atoms with E-state index >= 15 is 0 Å². The summed E-state index contributed by atoms with van der Waals surface area (Å²) in [7, 11) is 0. The maximum atomic E-state index is 2.45. The summed E-state index contributed by atoms with van der Waals surface area (Å²) in [5.41, 5.74) is 7.25. The van der Waals surface area contributed by atoms with Crippen LogP contribution in [0.4, 0.5) is 0 Å². The Morgan fingerprint density at radius 1 is 0.769 bits per heavy atom. The summed E-state index contributed by atoms with van der Waals surface area (Å²) < 4.78 is 0.619. The van der Waals surface area contributed by atoms with E-state index in [0.29, 0.717) is 3.63 Å². The summed E-state index contributed by atoms with van der Waals surface area (Å²) in [4.78, 5) is 0. The van der Waals surface area contributed by atoms with Crippen LogP contribution < -0.4 is 0 Å². The van der Waals surface area contributed by atoms with Gasteiger partial charge in [0.25, 0.3) is 0 Å². The van der Waals surface area contributed by atoms with Gasteiger partial charge in [-0.15, -0.1) is 0 Å². The molecule has 1 aliphatic carbocycles. The molecule has 0 radical (unpaired) electrons. The molecule has 0 aromatic heterocycles. The summed E-state index contributed by atoms with van der Waals surface area (Å²) in [6.07, 6.45) is 3.59. The third-order valence-electron chi connectivity index (χ3n) is 5.62. The van der Waals surface area contributed by atoms with Crippen molar-refractivity contribution in [1.82, 2.24) is 0 Å². The predicted molar refractivity (Wildman–Crippen MR) is 108 cm³/mol. The van der Waals surface area contributed by atoms with E-state index in [9.17, 15) is 0 Å². The predicted octanol–water partition coefficient (Wildman–Crippen LogP) is 7.05. The minimum absolute atomic E-state index is 0.619. The first-order valence-corrected chi connectivity index (χ1v) is 10.6. The van der Waals surface area contributed by atoms with Crippen molar-refractivity contribution < 1.29 is 24.7 Å². The molecule has 0 amide bonds. The van der Waals surface area contributed by atoms with Gasteiger partial charge in [0, 0.05) is 0 Å². The third kappa shape index (κ3) is 2.37. The molecular weight excluding hydrogens is 391 g/mol. The fourth-order valence-electron chi connectivity index (χ4n) is 4.28. The molecule has 0 N–H and O–H groups in total. The van der Waals surface area contributed by atoms with Gasteiger partial charge in [-0.3, -0.25) is 0 Å². The standard InChI is InChI=1S/C25H19.Zr/c1-2-17-14-18-9-7-13-23(24(18)15-17)25-16-19-8-3-4-10-20(19)21-11-5-6-12-22(21)25;/h3-16H,2H2,1H3;. The molecule has 1 unspecified atom stereocenters. The van der Waals surface area contributed by atoms with Gasteiger partial charge in [0.1, 0.15) is 0 Å². The molecule has 4 aromatic carbocycles. The van der Waals surface area contributed by atoms with Gasteiger partial charge >= 0.3 is 170 Å². The summed E-state index contributed by atoms with van der Waals surface area (Å²) in [5, 5.41) is 5.34. The van der Waals surface area contributed by atoms with Gasteiger partial charge in [-0.2, -0.15) is 0 Å². The van der Waals surface area contributed by atoms with Crippen molar-refractivity contribution in [3.05, 3.63) is 89.5 Å². The zero-order valence-electron chi connectivity index (χ0n) is 14.8. The maximum absolute atomic E-state index is 2.45. The van der Waals surface area contributed by atoms with Crippen LogP contribution in [0.3, 0.4) is 0 Å². The molecule has 5 rings (SSSR count). The minimum atomic E-state index is 0.619. The van der Waals surface area contributed by atoms with Crippen molar-refractivity contribution in [3.63, 3.8) is 0 Å². The molecule has 0 fully saturated rings. The van der Waals surface area contributed by atoms with Gasteiger partial charge in [-0.25, -0.2) is 0 Å². The van der Waals surface area contributed by atoms with Crippen molar-refractivity contribution in [2.75, 3.05) is 0 Å². The van der Waals surface area contributed by atoms with Crippen LogP contribution in [-0.4, -0.2) is 0 Å². The van der Waals surface area contributed by atoms with Crippen LogP contribution in [0.15, 0.2) is 78.4 Å². The number of hydrogen-bond donors (Lipinski definition) is 0. The summed E-state index contributed by atoms with van der Waals surface area (Å²) in [6.45, 7) is 2.28. The van der Waals surface area contributed by atoms with E-state index < -0.39 is 0 Å². The van der Waals surface area contributed by atoms with Gasteiger partial charge in [0.05, 0.1) is 0 Å². The van der Waals surface area contributed by atoms with E-state index in [2.05, 4.69) is 85.8 Å². The summed E-state index contributed by atoms with van der Waals surface area (Å²) in [6, 6.07) is 26.8. The number of rotatable bonds is 2. The first-order valence-electron chi connectivity index (χ1n) is 9.23. The fraction of sp³-hybridized carbons (Fsp3) is 0.120. The second-order valence-electron chi connectivity index (χ2n) is 7.01. The molecular formula is C25H19Zr. The van der Waals surface area contributed by atoms with E-state index in [4.69, 9.17) is 0 Å². The van der Waals surface area contributed by atoms with Crippen molar-refractivity contribution >= 4 is 27.6 Å². The Labute approximate surface area is 169 Å². The Kier molecular flexibility index (Phi) is 3.94. The monoisotopic (exact) mass is 409 g/mol. The fourth-order valence-corrected chi connectivity index (χ4v) is 5.61. The molecule has 0 heterocycles. The molecule has 0 aliphatic heterocycles. The van der Waals surface area contributed by atoms with Gasteiger partial charge in [-0.1, -0.05) is 0 Å². The van der Waals surface area contributed by atoms with Crippen LogP contribution in [0.5, 0.6) is 0 Å². The molecule has 26 heavy (non-hydrogen) atoms. The van der Waals surface area contributed by atoms with Gasteiger partial charge < -0.3 is 0 Å². The van der Waals surface area contributed by atoms with Crippen molar-refractivity contribution in [2.24, 2.45) is 0 Å². The summed E-state index contributed by atoms with van der Waals surface area (Å²) in [5.74, 6) is 0. The molecule has 1 heteroatoms. The molecule has 1 aliphatic rings. The Morgan fingerprint density at radius 2 is 1.50 bits per heavy atom. The first kappa shape index (κ1) is 16.2. The SMILES string of the molecule is CCC1=Cc2c(-c3cc4ccccc4c4ccccc34)cccc2[CH]1[Zr]. The number of fused-ring (bicyclic) bond motifs is 4. The van der Waals surface area contributed by atoms with E-state index in [1.165, 1.54) is 43.8 Å².